The van der Waals surface area contributed by atoms with Gasteiger partial charge in [0.15, 0.2) is 0 Å². The SMILES string of the molecule is CC(C)Oc1ccc2c(c1)CCC2N. The lowest BCUT2D eigenvalue weighted by Crippen LogP contribution is -2.07. The van der Waals surface area contributed by atoms with E-state index in [0.717, 1.165) is 18.6 Å². The van der Waals surface area contributed by atoms with Crippen molar-refractivity contribution in [2.24, 2.45) is 5.73 Å². The molecule has 2 heteroatoms. The summed E-state index contributed by atoms with van der Waals surface area (Å²) in [5.74, 6) is 0.966. The zero-order chi connectivity index (χ0) is 10.1. The maximum atomic E-state index is 5.96. The van der Waals surface area contributed by atoms with E-state index in [1.54, 1.807) is 0 Å². The van der Waals surface area contributed by atoms with E-state index in [0.29, 0.717) is 0 Å². The molecular formula is C12H17NO. The van der Waals surface area contributed by atoms with Crippen LogP contribution >= 0.6 is 0 Å². The van der Waals surface area contributed by atoms with Crippen molar-refractivity contribution in [1.82, 2.24) is 0 Å². The molecular weight excluding hydrogens is 174 g/mol. The highest BCUT2D eigenvalue weighted by molar-refractivity contribution is 5.40. The number of ether oxygens (including phenoxy) is 1. The summed E-state index contributed by atoms with van der Waals surface area (Å²) in [6.45, 7) is 4.08. The number of hydrogen-bond donors (Lipinski definition) is 1. The molecule has 0 aromatic heterocycles. The Balaban J connectivity index is 2.24. The quantitative estimate of drug-likeness (QED) is 0.779. The Hall–Kier alpha value is -1.02. The molecule has 1 unspecified atom stereocenters. The summed E-state index contributed by atoms with van der Waals surface area (Å²) >= 11 is 0. The van der Waals surface area contributed by atoms with E-state index in [2.05, 4.69) is 12.1 Å². The van der Waals surface area contributed by atoms with Gasteiger partial charge < -0.3 is 10.5 Å². The van der Waals surface area contributed by atoms with Gasteiger partial charge in [0, 0.05) is 6.04 Å². The molecule has 1 aromatic carbocycles. The summed E-state index contributed by atoms with van der Waals surface area (Å²) in [6.07, 6.45) is 2.40. The minimum Gasteiger partial charge on any atom is -0.491 e. The maximum absolute atomic E-state index is 5.96. The fraction of sp³-hybridized carbons (Fsp3) is 0.500. The molecule has 0 spiro atoms. The fourth-order valence-electron chi connectivity index (χ4n) is 1.97. The van der Waals surface area contributed by atoms with Crippen molar-refractivity contribution >= 4 is 0 Å². The Labute approximate surface area is 85.1 Å². The zero-order valence-corrected chi connectivity index (χ0v) is 8.79. The van der Waals surface area contributed by atoms with Crippen LogP contribution in [0.25, 0.3) is 0 Å². The van der Waals surface area contributed by atoms with E-state index in [4.69, 9.17) is 10.5 Å². The highest BCUT2D eigenvalue weighted by Gasteiger charge is 2.19. The topological polar surface area (TPSA) is 35.2 Å². The number of fused-ring (bicyclic) bond motifs is 1. The molecule has 0 radical (unpaired) electrons. The molecule has 0 heterocycles. The summed E-state index contributed by atoms with van der Waals surface area (Å²) in [4.78, 5) is 0. The van der Waals surface area contributed by atoms with Gasteiger partial charge in [-0.05, 0) is 49.9 Å². The number of aryl methyl sites for hydroxylation is 1. The molecule has 1 atom stereocenters. The molecule has 2 N–H and O–H groups in total. The molecule has 2 nitrogen and oxygen atoms in total. The van der Waals surface area contributed by atoms with Gasteiger partial charge in [-0.3, -0.25) is 0 Å². The summed E-state index contributed by atoms with van der Waals surface area (Å²) in [6, 6.07) is 6.48. The molecule has 0 bridgehead atoms. The highest BCUT2D eigenvalue weighted by Crippen LogP contribution is 2.31. The normalized spacial score (nSPS) is 19.9. The van der Waals surface area contributed by atoms with Crippen molar-refractivity contribution in [3.05, 3.63) is 29.3 Å². The molecule has 1 aromatic rings. The molecule has 0 saturated carbocycles. The number of nitrogens with two attached hydrogens (primary N) is 1. The fourth-order valence-corrected chi connectivity index (χ4v) is 1.97. The first kappa shape index (κ1) is 9.53. The van der Waals surface area contributed by atoms with Gasteiger partial charge in [0.1, 0.15) is 5.75 Å². The van der Waals surface area contributed by atoms with E-state index in [9.17, 15) is 0 Å². The Morgan fingerprint density at radius 1 is 1.43 bits per heavy atom. The van der Waals surface area contributed by atoms with Crippen molar-refractivity contribution in [2.45, 2.75) is 38.8 Å². The third-order valence-corrected chi connectivity index (χ3v) is 2.61. The van der Waals surface area contributed by atoms with Crippen LogP contribution in [0.3, 0.4) is 0 Å². The predicted octanol–water partition coefficient (Wildman–Crippen LogP) is 2.42. The summed E-state index contributed by atoms with van der Waals surface area (Å²) in [5.41, 5.74) is 8.61. The second kappa shape index (κ2) is 3.62. The largest absolute Gasteiger partial charge is 0.491 e. The molecule has 0 fully saturated rings. The van der Waals surface area contributed by atoms with Crippen molar-refractivity contribution in [3.63, 3.8) is 0 Å². The molecule has 1 aliphatic rings. The Kier molecular flexibility index (Phi) is 2.46. The lowest BCUT2D eigenvalue weighted by molar-refractivity contribution is 0.242. The molecule has 0 aliphatic heterocycles. The first-order valence-electron chi connectivity index (χ1n) is 5.22. The van der Waals surface area contributed by atoms with Crippen LogP contribution in [-0.2, 0) is 6.42 Å². The van der Waals surface area contributed by atoms with E-state index in [1.165, 1.54) is 11.1 Å². The predicted molar refractivity (Wildman–Crippen MR) is 57.5 cm³/mol. The molecule has 2 rings (SSSR count). The average molecular weight is 191 g/mol. The summed E-state index contributed by atoms with van der Waals surface area (Å²) in [5, 5.41) is 0. The van der Waals surface area contributed by atoms with Crippen LogP contribution in [0.15, 0.2) is 18.2 Å². The minimum atomic E-state index is 0.234. The van der Waals surface area contributed by atoms with Gasteiger partial charge >= 0.3 is 0 Å². The number of rotatable bonds is 2. The summed E-state index contributed by atoms with van der Waals surface area (Å²) < 4.78 is 5.63. The smallest absolute Gasteiger partial charge is 0.119 e. The Morgan fingerprint density at radius 2 is 2.21 bits per heavy atom. The van der Waals surface area contributed by atoms with Gasteiger partial charge in [0.05, 0.1) is 6.10 Å². The third-order valence-electron chi connectivity index (χ3n) is 2.61. The Morgan fingerprint density at radius 3 is 2.93 bits per heavy atom. The monoisotopic (exact) mass is 191 g/mol. The van der Waals surface area contributed by atoms with Crippen LogP contribution in [0.4, 0.5) is 0 Å². The van der Waals surface area contributed by atoms with Crippen molar-refractivity contribution in [3.8, 4) is 5.75 Å². The van der Waals surface area contributed by atoms with Crippen LogP contribution in [0.1, 0.15) is 37.4 Å². The van der Waals surface area contributed by atoms with Crippen molar-refractivity contribution < 1.29 is 4.74 Å². The van der Waals surface area contributed by atoms with Crippen LogP contribution in [0.2, 0.25) is 0 Å². The molecule has 14 heavy (non-hydrogen) atoms. The standard InChI is InChI=1S/C12H17NO/c1-8(2)14-10-4-5-11-9(7-10)3-6-12(11)13/h4-5,7-8,12H,3,6,13H2,1-2H3. The van der Waals surface area contributed by atoms with Crippen molar-refractivity contribution in [1.29, 1.82) is 0 Å². The molecule has 0 saturated heterocycles. The Bertz CT molecular complexity index is 333. The second-order valence-electron chi connectivity index (χ2n) is 4.17. The molecule has 76 valence electrons. The number of hydrogen-bond acceptors (Lipinski definition) is 2. The van der Waals surface area contributed by atoms with Crippen LogP contribution in [-0.4, -0.2) is 6.10 Å². The maximum Gasteiger partial charge on any atom is 0.119 e. The van der Waals surface area contributed by atoms with E-state index < -0.39 is 0 Å². The lowest BCUT2D eigenvalue weighted by atomic mass is 10.1. The number of benzene rings is 1. The first-order chi connectivity index (χ1) is 6.66. The van der Waals surface area contributed by atoms with Crippen LogP contribution < -0.4 is 10.5 Å². The average Bonchev–Trinajstić information content (AvgIpc) is 2.46. The van der Waals surface area contributed by atoms with E-state index in [1.807, 2.05) is 19.9 Å². The zero-order valence-electron chi connectivity index (χ0n) is 8.79. The van der Waals surface area contributed by atoms with Gasteiger partial charge in [-0.2, -0.15) is 0 Å². The third kappa shape index (κ3) is 1.75. The van der Waals surface area contributed by atoms with E-state index >= 15 is 0 Å². The molecule has 0 amide bonds. The van der Waals surface area contributed by atoms with Crippen LogP contribution in [0, 0.1) is 0 Å². The highest BCUT2D eigenvalue weighted by atomic mass is 16.5. The minimum absolute atomic E-state index is 0.234. The molecule has 1 aliphatic carbocycles. The van der Waals surface area contributed by atoms with Gasteiger partial charge in [-0.1, -0.05) is 6.07 Å². The summed E-state index contributed by atoms with van der Waals surface area (Å²) in [7, 11) is 0. The van der Waals surface area contributed by atoms with Gasteiger partial charge in [0.2, 0.25) is 0 Å². The van der Waals surface area contributed by atoms with Crippen molar-refractivity contribution in [2.75, 3.05) is 0 Å². The van der Waals surface area contributed by atoms with Gasteiger partial charge in [-0.25, -0.2) is 0 Å². The second-order valence-corrected chi connectivity index (χ2v) is 4.17. The first-order valence-corrected chi connectivity index (χ1v) is 5.22. The van der Waals surface area contributed by atoms with Gasteiger partial charge in [0.25, 0.3) is 0 Å². The van der Waals surface area contributed by atoms with Gasteiger partial charge in [-0.15, -0.1) is 0 Å². The lowest BCUT2D eigenvalue weighted by Gasteiger charge is -2.11. The van der Waals surface area contributed by atoms with Crippen LogP contribution in [0.5, 0.6) is 5.75 Å². The van der Waals surface area contributed by atoms with E-state index in [-0.39, 0.29) is 12.1 Å².